The van der Waals surface area contributed by atoms with Gasteiger partial charge < -0.3 is 4.90 Å². The maximum atomic E-state index is 11.8. The summed E-state index contributed by atoms with van der Waals surface area (Å²) in [5.74, 6) is 0. The molecule has 2 aromatic carbocycles. The van der Waals surface area contributed by atoms with Gasteiger partial charge in [-0.15, -0.1) is 0 Å². The lowest BCUT2D eigenvalue weighted by molar-refractivity contribution is -0.106. The number of hydrogen-bond donors (Lipinski definition) is 0. The minimum Gasteiger partial charge on any atom is -0.304 e. The predicted octanol–water partition coefficient (Wildman–Crippen LogP) is 2.83. The van der Waals surface area contributed by atoms with Gasteiger partial charge in [0.05, 0.1) is 11.4 Å². The van der Waals surface area contributed by atoms with Gasteiger partial charge in [0.25, 0.3) is 0 Å². The van der Waals surface area contributed by atoms with Crippen molar-refractivity contribution in [1.29, 1.82) is 0 Å². The van der Waals surface area contributed by atoms with E-state index in [1.165, 1.54) is 16.7 Å². The molecule has 2 aliphatic heterocycles. The highest BCUT2D eigenvalue weighted by Crippen LogP contribution is 2.35. The number of hydrogen-bond acceptors (Lipinski definition) is 3. The van der Waals surface area contributed by atoms with Crippen molar-refractivity contribution >= 4 is 17.8 Å². The molecule has 4 nitrogen and oxygen atoms in total. The molecule has 1 fully saturated rings. The number of piperazine rings is 1. The maximum absolute atomic E-state index is 11.8. The first kappa shape index (κ1) is 16.3. The number of aryl methyl sites for hydroxylation is 2. The van der Waals surface area contributed by atoms with E-state index in [0.717, 1.165) is 63.4 Å². The SMILES string of the molecule is CN1CCN(Cc2ccc3c(c2)CCc2ccccc2N3C=O)CC1. The monoisotopic (exact) mass is 335 g/mol. The van der Waals surface area contributed by atoms with E-state index in [4.69, 9.17) is 0 Å². The smallest absolute Gasteiger partial charge is 0.218 e. The van der Waals surface area contributed by atoms with Crippen molar-refractivity contribution in [2.45, 2.75) is 19.4 Å². The molecule has 4 heteroatoms. The van der Waals surface area contributed by atoms with Gasteiger partial charge in [0.1, 0.15) is 0 Å². The summed E-state index contributed by atoms with van der Waals surface area (Å²) in [5, 5.41) is 0. The molecule has 0 spiro atoms. The molecule has 0 bridgehead atoms. The number of likely N-dealkylation sites (N-methyl/N-ethyl adjacent to an activating group) is 1. The zero-order valence-corrected chi connectivity index (χ0v) is 14.8. The molecule has 0 aromatic heterocycles. The largest absolute Gasteiger partial charge is 0.304 e. The summed E-state index contributed by atoms with van der Waals surface area (Å²) in [6.07, 6.45) is 2.90. The molecule has 25 heavy (non-hydrogen) atoms. The van der Waals surface area contributed by atoms with E-state index >= 15 is 0 Å². The molecule has 130 valence electrons. The quantitative estimate of drug-likeness (QED) is 0.807. The Hall–Kier alpha value is -2.17. The van der Waals surface area contributed by atoms with E-state index in [1.807, 2.05) is 12.1 Å². The van der Waals surface area contributed by atoms with Gasteiger partial charge in [0.2, 0.25) is 6.41 Å². The summed E-state index contributed by atoms with van der Waals surface area (Å²) in [4.78, 5) is 18.5. The van der Waals surface area contributed by atoms with E-state index < -0.39 is 0 Å². The molecule has 1 saturated heterocycles. The highest BCUT2D eigenvalue weighted by Gasteiger charge is 2.21. The van der Waals surface area contributed by atoms with Crippen molar-refractivity contribution in [2.24, 2.45) is 0 Å². The summed E-state index contributed by atoms with van der Waals surface area (Å²) >= 11 is 0. The van der Waals surface area contributed by atoms with Crippen LogP contribution in [0.15, 0.2) is 42.5 Å². The number of fused-ring (bicyclic) bond motifs is 2. The maximum Gasteiger partial charge on any atom is 0.218 e. The van der Waals surface area contributed by atoms with Crippen molar-refractivity contribution in [3.8, 4) is 0 Å². The second-order valence-electron chi connectivity index (χ2n) is 7.15. The van der Waals surface area contributed by atoms with Crippen molar-refractivity contribution in [2.75, 3.05) is 38.1 Å². The first-order valence-electron chi connectivity index (χ1n) is 9.10. The third kappa shape index (κ3) is 3.32. The van der Waals surface area contributed by atoms with Gasteiger partial charge in [-0.25, -0.2) is 0 Å². The van der Waals surface area contributed by atoms with Gasteiger partial charge in [-0.2, -0.15) is 0 Å². The fourth-order valence-electron chi connectivity index (χ4n) is 3.91. The van der Waals surface area contributed by atoms with Crippen LogP contribution in [0.1, 0.15) is 16.7 Å². The topological polar surface area (TPSA) is 26.8 Å². The lowest BCUT2D eigenvalue weighted by Gasteiger charge is -2.32. The van der Waals surface area contributed by atoms with Crippen LogP contribution in [0.2, 0.25) is 0 Å². The van der Waals surface area contributed by atoms with E-state index in [2.05, 4.69) is 47.2 Å². The summed E-state index contributed by atoms with van der Waals surface area (Å²) < 4.78 is 0. The van der Waals surface area contributed by atoms with Gasteiger partial charge in [-0.1, -0.05) is 30.3 Å². The Morgan fingerprint density at radius 3 is 2.44 bits per heavy atom. The van der Waals surface area contributed by atoms with Crippen molar-refractivity contribution in [3.63, 3.8) is 0 Å². The number of para-hydroxylation sites is 1. The molecule has 0 radical (unpaired) electrons. The summed E-state index contributed by atoms with van der Waals surface area (Å²) in [6.45, 7) is 5.52. The number of carbonyl (C=O) groups excluding carboxylic acids is 1. The number of benzene rings is 2. The fourth-order valence-corrected chi connectivity index (χ4v) is 3.91. The van der Waals surface area contributed by atoms with Crippen LogP contribution in [0.5, 0.6) is 0 Å². The second kappa shape index (κ2) is 6.98. The molecule has 0 saturated carbocycles. The summed E-state index contributed by atoms with van der Waals surface area (Å²) in [7, 11) is 2.19. The Morgan fingerprint density at radius 2 is 1.64 bits per heavy atom. The molecule has 2 aromatic rings. The van der Waals surface area contributed by atoms with E-state index in [1.54, 1.807) is 4.90 Å². The van der Waals surface area contributed by atoms with Crippen LogP contribution < -0.4 is 4.90 Å². The molecule has 0 N–H and O–H groups in total. The standard InChI is InChI=1S/C21H25N3O/c1-22-10-12-23(13-11-22)15-17-6-9-21-19(14-17)8-7-18-4-2-3-5-20(18)24(21)16-25/h2-6,9,14,16H,7-8,10-13,15H2,1H3. The molecule has 1 amide bonds. The highest BCUT2D eigenvalue weighted by atomic mass is 16.1. The number of rotatable bonds is 3. The van der Waals surface area contributed by atoms with E-state index in [9.17, 15) is 4.79 Å². The Labute approximate surface area is 149 Å². The van der Waals surface area contributed by atoms with Crippen molar-refractivity contribution < 1.29 is 4.79 Å². The van der Waals surface area contributed by atoms with Crippen LogP contribution in [0.3, 0.4) is 0 Å². The number of anilines is 2. The number of carbonyl (C=O) groups is 1. The number of nitrogens with zero attached hydrogens (tertiary/aromatic N) is 3. The Kier molecular flexibility index (Phi) is 4.55. The van der Waals surface area contributed by atoms with Crippen LogP contribution in [-0.2, 0) is 24.2 Å². The Bertz CT molecular complexity index is 765. The number of amides is 1. The zero-order valence-electron chi connectivity index (χ0n) is 14.8. The van der Waals surface area contributed by atoms with Crippen LogP contribution in [0.25, 0.3) is 0 Å². The Morgan fingerprint density at radius 1 is 0.920 bits per heavy atom. The Balaban J connectivity index is 1.60. The van der Waals surface area contributed by atoms with Crippen LogP contribution in [0, 0.1) is 0 Å². The molecule has 0 unspecified atom stereocenters. The van der Waals surface area contributed by atoms with Gasteiger partial charge in [-0.3, -0.25) is 14.6 Å². The van der Waals surface area contributed by atoms with Gasteiger partial charge >= 0.3 is 0 Å². The fraction of sp³-hybridized carbons (Fsp3) is 0.381. The third-order valence-electron chi connectivity index (χ3n) is 5.43. The van der Waals surface area contributed by atoms with Crippen LogP contribution in [-0.4, -0.2) is 49.4 Å². The first-order valence-corrected chi connectivity index (χ1v) is 9.10. The van der Waals surface area contributed by atoms with Gasteiger partial charge in [0.15, 0.2) is 0 Å². The molecular formula is C21H25N3O. The van der Waals surface area contributed by atoms with Gasteiger partial charge in [0, 0.05) is 32.7 Å². The lowest BCUT2D eigenvalue weighted by atomic mass is 10.0. The minimum absolute atomic E-state index is 0.948. The molecule has 0 aliphatic carbocycles. The first-order chi connectivity index (χ1) is 12.2. The average Bonchev–Trinajstić information content (AvgIpc) is 2.80. The minimum atomic E-state index is 0.948. The highest BCUT2D eigenvalue weighted by molar-refractivity contribution is 5.89. The molecule has 4 rings (SSSR count). The predicted molar refractivity (Wildman–Crippen MR) is 101 cm³/mol. The molecule has 2 aliphatic rings. The average molecular weight is 335 g/mol. The van der Waals surface area contributed by atoms with E-state index in [-0.39, 0.29) is 0 Å². The summed E-state index contributed by atoms with van der Waals surface area (Å²) in [6, 6.07) is 14.8. The molecule has 0 atom stereocenters. The lowest BCUT2D eigenvalue weighted by Crippen LogP contribution is -2.43. The van der Waals surface area contributed by atoms with Crippen molar-refractivity contribution in [1.82, 2.24) is 9.80 Å². The van der Waals surface area contributed by atoms with Crippen LogP contribution >= 0.6 is 0 Å². The van der Waals surface area contributed by atoms with Gasteiger partial charge in [-0.05, 0) is 48.7 Å². The van der Waals surface area contributed by atoms with Crippen molar-refractivity contribution in [3.05, 3.63) is 59.2 Å². The third-order valence-corrected chi connectivity index (χ3v) is 5.43. The molecule has 2 heterocycles. The molecular weight excluding hydrogens is 310 g/mol. The normalized spacial score (nSPS) is 18.4. The van der Waals surface area contributed by atoms with Crippen LogP contribution in [0.4, 0.5) is 11.4 Å². The van der Waals surface area contributed by atoms with E-state index in [0.29, 0.717) is 0 Å². The zero-order chi connectivity index (χ0) is 17.2. The summed E-state index contributed by atoms with van der Waals surface area (Å²) in [5.41, 5.74) is 5.91. The second-order valence-corrected chi connectivity index (χ2v) is 7.15.